The molecule has 0 aliphatic heterocycles. The summed E-state index contributed by atoms with van der Waals surface area (Å²) < 4.78 is 0. The second-order valence-electron chi connectivity index (χ2n) is 4.71. The van der Waals surface area contributed by atoms with E-state index in [9.17, 15) is 0 Å². The molecule has 82 valence electrons. The summed E-state index contributed by atoms with van der Waals surface area (Å²) in [7, 11) is 0. The molecule has 2 aromatic rings. The van der Waals surface area contributed by atoms with Gasteiger partial charge in [-0.25, -0.2) is 9.97 Å². The van der Waals surface area contributed by atoms with Crippen molar-refractivity contribution in [2.45, 2.75) is 32.6 Å². The second kappa shape index (κ2) is 3.55. The molecule has 1 aromatic heterocycles. The third-order valence-electron chi connectivity index (χ3n) is 3.79. The Bertz CT molecular complexity index is 533. The maximum absolute atomic E-state index is 4.77. The summed E-state index contributed by atoms with van der Waals surface area (Å²) in [5.41, 5.74) is 4.51. The van der Waals surface area contributed by atoms with Gasteiger partial charge in [-0.1, -0.05) is 32.4 Å². The zero-order valence-electron chi connectivity index (χ0n) is 9.77. The van der Waals surface area contributed by atoms with Crippen molar-refractivity contribution in [3.05, 3.63) is 35.7 Å². The van der Waals surface area contributed by atoms with E-state index in [4.69, 9.17) is 9.97 Å². The molecule has 2 nitrogen and oxygen atoms in total. The quantitative estimate of drug-likeness (QED) is 0.724. The summed E-state index contributed by atoms with van der Waals surface area (Å²) in [5.74, 6) is 1.30. The Morgan fingerprint density at radius 2 is 1.88 bits per heavy atom. The fourth-order valence-corrected chi connectivity index (χ4v) is 2.71. The third-order valence-corrected chi connectivity index (χ3v) is 3.79. The summed E-state index contributed by atoms with van der Waals surface area (Å²) >= 11 is 0. The number of fused-ring (bicyclic) bond motifs is 2. The molecule has 1 heterocycles. The Morgan fingerprint density at radius 3 is 2.56 bits per heavy atom. The fraction of sp³-hybridized carbons (Fsp3) is 0.429. The SMILES string of the molecule is CCC1Cc2nc3ccccc3nc2C1C. The Morgan fingerprint density at radius 1 is 1.19 bits per heavy atom. The molecule has 0 bridgehead atoms. The van der Waals surface area contributed by atoms with Crippen LogP contribution in [0, 0.1) is 5.92 Å². The number of rotatable bonds is 1. The van der Waals surface area contributed by atoms with Crippen molar-refractivity contribution in [2.75, 3.05) is 0 Å². The van der Waals surface area contributed by atoms with Gasteiger partial charge in [-0.15, -0.1) is 0 Å². The van der Waals surface area contributed by atoms with Crippen LogP contribution in [0.3, 0.4) is 0 Å². The van der Waals surface area contributed by atoms with Gasteiger partial charge in [-0.3, -0.25) is 0 Å². The molecule has 0 N–H and O–H groups in total. The summed E-state index contributed by atoms with van der Waals surface area (Å²) in [6.45, 7) is 4.54. The van der Waals surface area contributed by atoms with Crippen molar-refractivity contribution in [1.82, 2.24) is 9.97 Å². The van der Waals surface area contributed by atoms with Crippen LogP contribution >= 0.6 is 0 Å². The van der Waals surface area contributed by atoms with Crippen LogP contribution in [-0.4, -0.2) is 9.97 Å². The van der Waals surface area contributed by atoms with Crippen LogP contribution in [0.5, 0.6) is 0 Å². The van der Waals surface area contributed by atoms with Gasteiger partial charge < -0.3 is 0 Å². The minimum absolute atomic E-state index is 0.567. The van der Waals surface area contributed by atoms with E-state index in [1.807, 2.05) is 18.2 Å². The Labute approximate surface area is 95.7 Å². The van der Waals surface area contributed by atoms with Gasteiger partial charge in [0, 0.05) is 5.92 Å². The molecular weight excluding hydrogens is 196 g/mol. The molecule has 0 fully saturated rings. The number of hydrogen-bond acceptors (Lipinski definition) is 2. The smallest absolute Gasteiger partial charge is 0.0890 e. The summed E-state index contributed by atoms with van der Waals surface area (Å²) in [4.78, 5) is 9.51. The van der Waals surface area contributed by atoms with E-state index < -0.39 is 0 Å². The van der Waals surface area contributed by atoms with E-state index in [-0.39, 0.29) is 0 Å². The van der Waals surface area contributed by atoms with Gasteiger partial charge in [0.15, 0.2) is 0 Å². The highest BCUT2D eigenvalue weighted by atomic mass is 14.8. The molecule has 0 saturated carbocycles. The highest BCUT2D eigenvalue weighted by molar-refractivity contribution is 5.74. The Hall–Kier alpha value is -1.44. The largest absolute Gasteiger partial charge is 0.249 e. The highest BCUT2D eigenvalue weighted by Crippen LogP contribution is 2.37. The monoisotopic (exact) mass is 212 g/mol. The van der Waals surface area contributed by atoms with Crippen molar-refractivity contribution >= 4 is 11.0 Å². The van der Waals surface area contributed by atoms with Gasteiger partial charge in [0.2, 0.25) is 0 Å². The van der Waals surface area contributed by atoms with Crippen LogP contribution in [-0.2, 0) is 6.42 Å². The van der Waals surface area contributed by atoms with Crippen molar-refractivity contribution in [3.8, 4) is 0 Å². The maximum Gasteiger partial charge on any atom is 0.0890 e. The van der Waals surface area contributed by atoms with Crippen molar-refractivity contribution in [2.24, 2.45) is 5.92 Å². The van der Waals surface area contributed by atoms with Crippen LogP contribution in [0.2, 0.25) is 0 Å². The number of nitrogens with zero attached hydrogens (tertiary/aromatic N) is 2. The minimum atomic E-state index is 0.567. The van der Waals surface area contributed by atoms with Gasteiger partial charge >= 0.3 is 0 Å². The van der Waals surface area contributed by atoms with Crippen LogP contribution < -0.4 is 0 Å². The van der Waals surface area contributed by atoms with E-state index in [0.29, 0.717) is 5.92 Å². The zero-order chi connectivity index (χ0) is 11.1. The first-order valence-corrected chi connectivity index (χ1v) is 6.05. The Balaban J connectivity index is 2.18. The van der Waals surface area contributed by atoms with Gasteiger partial charge in [0.25, 0.3) is 0 Å². The predicted octanol–water partition coefficient (Wildman–Crippen LogP) is 3.32. The van der Waals surface area contributed by atoms with Crippen LogP contribution in [0.4, 0.5) is 0 Å². The van der Waals surface area contributed by atoms with Crippen LogP contribution in [0.1, 0.15) is 37.6 Å². The molecule has 2 unspecified atom stereocenters. The maximum atomic E-state index is 4.77. The number of benzene rings is 1. The summed E-state index contributed by atoms with van der Waals surface area (Å²) in [6, 6.07) is 8.15. The molecule has 2 heteroatoms. The standard InChI is InChI=1S/C14H16N2/c1-3-10-8-13-14(9(10)2)16-12-7-5-4-6-11(12)15-13/h4-7,9-10H,3,8H2,1-2H3. The lowest BCUT2D eigenvalue weighted by molar-refractivity contribution is 0.463. The molecule has 1 aliphatic rings. The first-order valence-electron chi connectivity index (χ1n) is 6.05. The molecule has 0 saturated heterocycles. The molecule has 3 rings (SSSR count). The summed E-state index contributed by atoms with van der Waals surface area (Å²) in [5, 5.41) is 0. The van der Waals surface area contributed by atoms with Gasteiger partial charge in [-0.05, 0) is 24.5 Å². The van der Waals surface area contributed by atoms with Gasteiger partial charge in [0.1, 0.15) is 0 Å². The summed E-state index contributed by atoms with van der Waals surface area (Å²) in [6.07, 6.45) is 2.32. The average Bonchev–Trinajstić information content (AvgIpc) is 2.63. The third kappa shape index (κ3) is 1.33. The van der Waals surface area contributed by atoms with E-state index in [2.05, 4.69) is 19.9 Å². The van der Waals surface area contributed by atoms with Gasteiger partial charge in [-0.2, -0.15) is 0 Å². The lowest BCUT2D eigenvalue weighted by atomic mass is 9.94. The topological polar surface area (TPSA) is 25.8 Å². The normalized spacial score (nSPS) is 23.6. The molecule has 0 radical (unpaired) electrons. The van der Waals surface area contributed by atoms with Gasteiger partial charge in [0.05, 0.1) is 22.4 Å². The van der Waals surface area contributed by atoms with Crippen molar-refractivity contribution in [1.29, 1.82) is 0 Å². The lowest BCUT2D eigenvalue weighted by Crippen LogP contribution is -2.02. The van der Waals surface area contributed by atoms with Crippen molar-refractivity contribution in [3.63, 3.8) is 0 Å². The number of hydrogen-bond donors (Lipinski definition) is 0. The molecule has 2 atom stereocenters. The molecule has 0 amide bonds. The first kappa shape index (κ1) is 9.76. The lowest BCUT2D eigenvalue weighted by Gasteiger charge is -2.11. The first-order chi connectivity index (χ1) is 7.79. The molecule has 1 aromatic carbocycles. The predicted molar refractivity (Wildman–Crippen MR) is 65.4 cm³/mol. The average molecular weight is 212 g/mol. The number of aromatic nitrogens is 2. The zero-order valence-corrected chi connectivity index (χ0v) is 9.77. The Kier molecular flexibility index (Phi) is 2.16. The highest BCUT2D eigenvalue weighted by Gasteiger charge is 2.30. The molecule has 0 spiro atoms. The fourth-order valence-electron chi connectivity index (χ4n) is 2.71. The number of para-hydroxylation sites is 2. The van der Waals surface area contributed by atoms with Crippen molar-refractivity contribution < 1.29 is 0 Å². The van der Waals surface area contributed by atoms with E-state index >= 15 is 0 Å². The second-order valence-corrected chi connectivity index (χ2v) is 4.71. The van der Waals surface area contributed by atoms with Crippen LogP contribution in [0.25, 0.3) is 11.0 Å². The van der Waals surface area contributed by atoms with E-state index in [1.54, 1.807) is 0 Å². The van der Waals surface area contributed by atoms with E-state index in [1.165, 1.54) is 17.8 Å². The minimum Gasteiger partial charge on any atom is -0.249 e. The molecule has 1 aliphatic carbocycles. The van der Waals surface area contributed by atoms with Crippen LogP contribution in [0.15, 0.2) is 24.3 Å². The van der Waals surface area contributed by atoms with E-state index in [0.717, 1.165) is 23.4 Å². The molecular formula is C14H16N2. The molecule has 16 heavy (non-hydrogen) atoms.